The zero-order valence-electron chi connectivity index (χ0n) is 11.1. The van der Waals surface area contributed by atoms with Crippen LogP contribution in [-0.2, 0) is 0 Å². The summed E-state index contributed by atoms with van der Waals surface area (Å²) in [6.45, 7) is 1.93. The van der Waals surface area contributed by atoms with Crippen molar-refractivity contribution in [2.75, 3.05) is 6.54 Å². The van der Waals surface area contributed by atoms with Crippen molar-refractivity contribution in [3.05, 3.63) is 34.9 Å². The molecule has 0 aliphatic carbocycles. The van der Waals surface area contributed by atoms with Crippen molar-refractivity contribution in [2.24, 2.45) is 10.2 Å². The maximum atomic E-state index is 11.6. The molecule has 3 N–H and O–H groups in total. The lowest BCUT2D eigenvalue weighted by Crippen LogP contribution is -2.55. The summed E-state index contributed by atoms with van der Waals surface area (Å²) < 4.78 is 0. The number of hydrazone groups is 2. The van der Waals surface area contributed by atoms with Crippen molar-refractivity contribution in [1.29, 1.82) is 0 Å². The third-order valence-corrected chi connectivity index (χ3v) is 2.67. The molecule has 0 bridgehead atoms. The van der Waals surface area contributed by atoms with Crippen LogP contribution in [0.3, 0.4) is 0 Å². The second-order valence-corrected chi connectivity index (χ2v) is 4.65. The standard InChI is InChI=1S/C12H13ClN6O2/c1-8-7-19(12(21)17-15-8)18-11(20)16-14-6-9-3-2-4-10(13)5-9/h2-6H,7H2,1H3,(H,17,21)(H2,16,18,20)/b14-6+. The SMILES string of the molecule is CC1=NNC(=O)N(NC(=O)N/N=C/c2cccc(Cl)c2)C1. The van der Waals surface area contributed by atoms with Gasteiger partial charge < -0.3 is 0 Å². The molecule has 2 rings (SSSR count). The van der Waals surface area contributed by atoms with Crippen molar-refractivity contribution in [3.8, 4) is 0 Å². The summed E-state index contributed by atoms with van der Waals surface area (Å²) >= 11 is 5.82. The molecular formula is C12H13ClN6O2. The molecule has 1 aromatic carbocycles. The number of hydrogen-bond acceptors (Lipinski definition) is 4. The Balaban J connectivity index is 1.85. The van der Waals surface area contributed by atoms with E-state index in [0.29, 0.717) is 10.7 Å². The van der Waals surface area contributed by atoms with Crippen LogP contribution in [0.25, 0.3) is 0 Å². The second kappa shape index (κ2) is 6.71. The maximum Gasteiger partial charge on any atom is 0.356 e. The van der Waals surface area contributed by atoms with Crippen LogP contribution in [0.2, 0.25) is 5.02 Å². The van der Waals surface area contributed by atoms with Crippen LogP contribution in [0.1, 0.15) is 12.5 Å². The average molecular weight is 309 g/mol. The Kier molecular flexibility index (Phi) is 4.72. The Hall–Kier alpha value is -2.61. The van der Waals surface area contributed by atoms with Gasteiger partial charge in [0.05, 0.1) is 18.5 Å². The summed E-state index contributed by atoms with van der Waals surface area (Å²) in [6, 6.07) is 5.82. The number of rotatable bonds is 3. The summed E-state index contributed by atoms with van der Waals surface area (Å²) in [5.41, 5.74) is 8.25. The smallest absolute Gasteiger partial charge is 0.245 e. The van der Waals surface area contributed by atoms with Crippen LogP contribution in [0.15, 0.2) is 34.5 Å². The van der Waals surface area contributed by atoms with E-state index in [1.807, 2.05) is 0 Å². The minimum absolute atomic E-state index is 0.206. The highest BCUT2D eigenvalue weighted by molar-refractivity contribution is 6.30. The minimum atomic E-state index is -0.641. The van der Waals surface area contributed by atoms with Gasteiger partial charge in [0, 0.05) is 5.02 Å². The van der Waals surface area contributed by atoms with Gasteiger partial charge in [-0.05, 0) is 24.6 Å². The van der Waals surface area contributed by atoms with Crippen LogP contribution in [0.5, 0.6) is 0 Å². The van der Waals surface area contributed by atoms with E-state index in [1.54, 1.807) is 31.2 Å². The van der Waals surface area contributed by atoms with Gasteiger partial charge in [-0.15, -0.1) is 0 Å². The normalized spacial score (nSPS) is 14.7. The van der Waals surface area contributed by atoms with Crippen molar-refractivity contribution >= 4 is 35.6 Å². The van der Waals surface area contributed by atoms with Gasteiger partial charge in [0.1, 0.15) is 0 Å². The molecule has 1 aromatic rings. The first kappa shape index (κ1) is 14.8. The minimum Gasteiger partial charge on any atom is -0.245 e. The number of nitrogens with one attached hydrogen (secondary N) is 3. The van der Waals surface area contributed by atoms with Crippen LogP contribution in [0, 0.1) is 0 Å². The van der Waals surface area contributed by atoms with Crippen LogP contribution in [0.4, 0.5) is 9.59 Å². The first-order valence-electron chi connectivity index (χ1n) is 6.00. The van der Waals surface area contributed by atoms with Gasteiger partial charge in [-0.25, -0.2) is 30.9 Å². The molecule has 0 spiro atoms. The molecule has 0 fully saturated rings. The third-order valence-electron chi connectivity index (χ3n) is 2.44. The maximum absolute atomic E-state index is 11.6. The van der Waals surface area contributed by atoms with Crippen molar-refractivity contribution in [2.45, 2.75) is 6.92 Å². The fraction of sp³-hybridized carbons (Fsp3) is 0.167. The monoisotopic (exact) mass is 308 g/mol. The molecule has 9 heteroatoms. The van der Waals surface area contributed by atoms with Crippen molar-refractivity contribution < 1.29 is 9.59 Å². The molecule has 0 radical (unpaired) electrons. The molecule has 0 atom stereocenters. The van der Waals surface area contributed by atoms with E-state index in [2.05, 4.69) is 26.5 Å². The van der Waals surface area contributed by atoms with E-state index in [-0.39, 0.29) is 6.54 Å². The molecule has 0 aromatic heterocycles. The molecule has 0 saturated carbocycles. The van der Waals surface area contributed by atoms with Gasteiger partial charge in [-0.1, -0.05) is 23.7 Å². The van der Waals surface area contributed by atoms with E-state index >= 15 is 0 Å². The van der Waals surface area contributed by atoms with Gasteiger partial charge in [-0.3, -0.25) is 0 Å². The predicted octanol–water partition coefficient (Wildman–Crippen LogP) is 1.29. The Morgan fingerprint density at radius 2 is 2.38 bits per heavy atom. The summed E-state index contributed by atoms with van der Waals surface area (Å²) in [6.07, 6.45) is 1.44. The number of halogens is 1. The highest BCUT2D eigenvalue weighted by atomic mass is 35.5. The molecule has 110 valence electrons. The van der Waals surface area contributed by atoms with Gasteiger partial charge in [0.2, 0.25) is 0 Å². The number of amides is 4. The number of hydrazine groups is 1. The fourth-order valence-corrected chi connectivity index (χ4v) is 1.73. The Morgan fingerprint density at radius 1 is 1.57 bits per heavy atom. The molecule has 0 saturated heterocycles. The summed E-state index contributed by atoms with van der Waals surface area (Å²) in [7, 11) is 0. The van der Waals surface area contributed by atoms with Crippen molar-refractivity contribution in [3.63, 3.8) is 0 Å². The lowest BCUT2D eigenvalue weighted by Gasteiger charge is -2.25. The molecule has 21 heavy (non-hydrogen) atoms. The molecule has 1 aliphatic rings. The fourth-order valence-electron chi connectivity index (χ4n) is 1.53. The Labute approximate surface area is 125 Å². The van der Waals surface area contributed by atoms with Gasteiger partial charge in [0.15, 0.2) is 0 Å². The predicted molar refractivity (Wildman–Crippen MR) is 79.1 cm³/mol. The number of benzene rings is 1. The number of hydrogen-bond donors (Lipinski definition) is 3. The van der Waals surface area contributed by atoms with E-state index in [9.17, 15) is 9.59 Å². The van der Waals surface area contributed by atoms with E-state index < -0.39 is 12.1 Å². The van der Waals surface area contributed by atoms with Crippen molar-refractivity contribution in [1.82, 2.24) is 21.3 Å². The topological polar surface area (TPSA) is 98.2 Å². The lowest BCUT2D eigenvalue weighted by molar-refractivity contribution is 0.173. The zero-order valence-corrected chi connectivity index (χ0v) is 11.9. The molecule has 0 unspecified atom stereocenters. The average Bonchev–Trinajstić information content (AvgIpc) is 2.43. The number of nitrogens with zero attached hydrogens (tertiary/aromatic N) is 3. The third kappa shape index (κ3) is 4.46. The first-order valence-corrected chi connectivity index (χ1v) is 6.38. The summed E-state index contributed by atoms with van der Waals surface area (Å²) in [4.78, 5) is 23.0. The quantitative estimate of drug-likeness (QED) is 0.579. The highest BCUT2D eigenvalue weighted by Gasteiger charge is 2.20. The Morgan fingerprint density at radius 3 is 3.14 bits per heavy atom. The van der Waals surface area contributed by atoms with Crippen LogP contribution < -0.4 is 16.3 Å². The summed E-state index contributed by atoms with van der Waals surface area (Å²) in [5, 5.41) is 9.16. The van der Waals surface area contributed by atoms with Gasteiger partial charge in [-0.2, -0.15) is 10.2 Å². The Bertz CT molecular complexity index is 616. The number of carbonyl (C=O) groups excluding carboxylic acids is 2. The molecule has 1 aliphatic heterocycles. The molecule has 1 heterocycles. The number of urea groups is 2. The van der Waals surface area contributed by atoms with E-state index in [4.69, 9.17) is 11.6 Å². The molecular weight excluding hydrogens is 296 g/mol. The first-order chi connectivity index (χ1) is 10.0. The van der Waals surface area contributed by atoms with Gasteiger partial charge in [0.25, 0.3) is 0 Å². The molecule has 8 nitrogen and oxygen atoms in total. The van der Waals surface area contributed by atoms with Gasteiger partial charge >= 0.3 is 12.1 Å². The van der Waals surface area contributed by atoms with E-state index in [1.165, 1.54) is 6.21 Å². The lowest BCUT2D eigenvalue weighted by atomic mass is 10.2. The van der Waals surface area contributed by atoms with E-state index in [0.717, 1.165) is 10.6 Å². The largest absolute Gasteiger partial charge is 0.356 e. The summed E-state index contributed by atoms with van der Waals surface area (Å²) in [5.74, 6) is 0. The second-order valence-electron chi connectivity index (χ2n) is 4.22. The molecule has 4 amide bonds. The highest BCUT2D eigenvalue weighted by Crippen LogP contribution is 2.08. The van der Waals surface area contributed by atoms with Crippen LogP contribution in [-0.4, -0.2) is 35.5 Å². The zero-order chi connectivity index (χ0) is 15.2. The number of carbonyl (C=O) groups is 2. The van der Waals surface area contributed by atoms with Crippen LogP contribution >= 0.6 is 11.6 Å².